The SMILES string of the molecule is C=C/C(C#N)=C\C=C(/C)c1cnn(-c2ccc(NC(=O)C3CC3)cn2)c1O. The molecule has 2 N–H and O–H groups in total. The molecule has 7 heteroatoms. The van der Waals surface area contributed by atoms with E-state index in [9.17, 15) is 9.90 Å². The van der Waals surface area contributed by atoms with E-state index in [1.807, 2.05) is 6.07 Å². The normalized spacial score (nSPS) is 14.5. The number of aromatic hydroxyl groups is 1. The van der Waals surface area contributed by atoms with Gasteiger partial charge in [0, 0.05) is 5.92 Å². The van der Waals surface area contributed by atoms with E-state index in [1.165, 1.54) is 23.2 Å². The molecule has 0 radical (unpaired) electrons. The molecule has 1 saturated carbocycles. The zero-order chi connectivity index (χ0) is 19.4. The molecule has 1 amide bonds. The van der Waals surface area contributed by atoms with Crippen LogP contribution in [0.1, 0.15) is 25.3 Å². The summed E-state index contributed by atoms with van der Waals surface area (Å²) in [5.41, 5.74) is 2.30. The Labute approximate surface area is 157 Å². The summed E-state index contributed by atoms with van der Waals surface area (Å²) in [6.45, 7) is 5.37. The third kappa shape index (κ3) is 4.12. The van der Waals surface area contributed by atoms with Crippen LogP contribution in [0, 0.1) is 17.2 Å². The van der Waals surface area contributed by atoms with E-state index in [0.717, 1.165) is 18.4 Å². The summed E-state index contributed by atoms with van der Waals surface area (Å²) in [7, 11) is 0. The highest BCUT2D eigenvalue weighted by Gasteiger charge is 2.29. The molecule has 0 saturated heterocycles. The molecule has 2 heterocycles. The molecule has 0 bridgehead atoms. The maximum atomic E-state index is 11.8. The second-order valence-electron chi connectivity index (χ2n) is 6.25. The quantitative estimate of drug-likeness (QED) is 0.606. The minimum atomic E-state index is -0.0588. The lowest BCUT2D eigenvalue weighted by Gasteiger charge is -2.06. The van der Waals surface area contributed by atoms with Crippen LogP contribution in [-0.4, -0.2) is 25.8 Å². The standard InChI is InChI=1S/C20H19N5O2/c1-3-14(10-21)5-4-13(2)17-12-23-25(20(17)27)18-9-8-16(11-22-18)24-19(26)15-6-7-15/h3-5,8-9,11-12,15,27H,1,6-7H2,2H3,(H,24,26)/b13-4+,14-5+. The van der Waals surface area contributed by atoms with E-state index in [-0.39, 0.29) is 17.7 Å². The topological polar surface area (TPSA) is 104 Å². The average Bonchev–Trinajstić information content (AvgIpc) is 3.46. The van der Waals surface area contributed by atoms with Crippen LogP contribution in [0.25, 0.3) is 11.4 Å². The number of allylic oxidation sites excluding steroid dienone is 5. The number of pyridine rings is 1. The second kappa shape index (κ2) is 7.70. The number of hydrogen-bond acceptors (Lipinski definition) is 5. The van der Waals surface area contributed by atoms with Gasteiger partial charge in [-0.05, 0) is 43.5 Å². The van der Waals surface area contributed by atoms with Crippen LogP contribution < -0.4 is 5.32 Å². The summed E-state index contributed by atoms with van der Waals surface area (Å²) >= 11 is 0. The van der Waals surface area contributed by atoms with Crippen molar-refractivity contribution in [3.63, 3.8) is 0 Å². The Morgan fingerprint density at radius 1 is 1.41 bits per heavy atom. The molecule has 1 aliphatic rings. The van der Waals surface area contributed by atoms with Crippen LogP contribution in [0.4, 0.5) is 5.69 Å². The zero-order valence-electron chi connectivity index (χ0n) is 14.9. The monoisotopic (exact) mass is 361 g/mol. The van der Waals surface area contributed by atoms with Crippen molar-refractivity contribution in [1.82, 2.24) is 14.8 Å². The van der Waals surface area contributed by atoms with Gasteiger partial charge in [0.05, 0.1) is 35.3 Å². The number of hydrogen-bond donors (Lipinski definition) is 2. The number of amides is 1. The Balaban J connectivity index is 1.79. The van der Waals surface area contributed by atoms with Gasteiger partial charge in [-0.2, -0.15) is 15.0 Å². The molecule has 136 valence electrons. The van der Waals surface area contributed by atoms with Crippen LogP contribution in [0.3, 0.4) is 0 Å². The van der Waals surface area contributed by atoms with Gasteiger partial charge in [0.25, 0.3) is 0 Å². The smallest absolute Gasteiger partial charge is 0.227 e. The molecule has 7 nitrogen and oxygen atoms in total. The minimum Gasteiger partial charge on any atom is -0.493 e. The Kier molecular flexibility index (Phi) is 5.18. The molecule has 0 aliphatic heterocycles. The van der Waals surface area contributed by atoms with E-state index in [0.29, 0.717) is 22.6 Å². The van der Waals surface area contributed by atoms with Crippen LogP contribution in [0.5, 0.6) is 5.88 Å². The molecule has 2 aromatic rings. The Bertz CT molecular complexity index is 973. The number of carbonyl (C=O) groups excluding carboxylic acids is 1. The lowest BCUT2D eigenvalue weighted by atomic mass is 10.1. The molecule has 1 fully saturated rings. The predicted molar refractivity (Wildman–Crippen MR) is 102 cm³/mol. The third-order valence-electron chi connectivity index (χ3n) is 4.21. The Morgan fingerprint density at radius 2 is 2.19 bits per heavy atom. The van der Waals surface area contributed by atoms with Crippen LogP contribution in [0.15, 0.2) is 54.9 Å². The fourth-order valence-corrected chi connectivity index (χ4v) is 2.42. The maximum Gasteiger partial charge on any atom is 0.227 e. The summed E-state index contributed by atoms with van der Waals surface area (Å²) in [6.07, 6.45) is 9.73. The average molecular weight is 361 g/mol. The van der Waals surface area contributed by atoms with Gasteiger partial charge in [-0.15, -0.1) is 0 Å². The maximum absolute atomic E-state index is 11.8. The van der Waals surface area contributed by atoms with Gasteiger partial charge in [-0.25, -0.2) is 4.98 Å². The predicted octanol–water partition coefficient (Wildman–Crippen LogP) is 3.36. The molecule has 3 rings (SSSR count). The molecule has 27 heavy (non-hydrogen) atoms. The fourth-order valence-electron chi connectivity index (χ4n) is 2.42. The van der Waals surface area contributed by atoms with Gasteiger partial charge >= 0.3 is 0 Å². The largest absolute Gasteiger partial charge is 0.493 e. The van der Waals surface area contributed by atoms with Crippen molar-refractivity contribution in [3.05, 3.63) is 60.5 Å². The highest BCUT2D eigenvalue weighted by atomic mass is 16.3. The van der Waals surface area contributed by atoms with Crippen LogP contribution in [-0.2, 0) is 4.79 Å². The van der Waals surface area contributed by atoms with E-state index in [4.69, 9.17) is 5.26 Å². The number of nitrogens with zero attached hydrogens (tertiary/aromatic N) is 4. The first-order valence-electron chi connectivity index (χ1n) is 8.49. The highest BCUT2D eigenvalue weighted by Crippen LogP contribution is 2.30. The van der Waals surface area contributed by atoms with Gasteiger partial charge in [-0.1, -0.05) is 18.7 Å². The number of rotatable bonds is 6. The number of carbonyl (C=O) groups is 1. The third-order valence-corrected chi connectivity index (χ3v) is 4.21. The molecule has 2 aromatic heterocycles. The van der Waals surface area contributed by atoms with E-state index in [2.05, 4.69) is 22.0 Å². The van der Waals surface area contributed by atoms with Crippen LogP contribution in [0.2, 0.25) is 0 Å². The van der Waals surface area contributed by atoms with Crippen molar-refractivity contribution in [2.75, 3.05) is 5.32 Å². The minimum absolute atomic E-state index is 0.0128. The first-order valence-corrected chi connectivity index (χ1v) is 8.49. The lowest BCUT2D eigenvalue weighted by Crippen LogP contribution is -2.13. The molecule has 0 atom stereocenters. The fraction of sp³-hybridized carbons (Fsp3) is 0.200. The number of nitrogens with one attached hydrogen (secondary N) is 1. The Morgan fingerprint density at radius 3 is 2.78 bits per heavy atom. The summed E-state index contributed by atoms with van der Waals surface area (Å²) in [6, 6.07) is 5.40. The van der Waals surface area contributed by atoms with Gasteiger partial charge in [0.1, 0.15) is 0 Å². The van der Waals surface area contributed by atoms with Gasteiger partial charge in [-0.3, -0.25) is 4.79 Å². The highest BCUT2D eigenvalue weighted by molar-refractivity contribution is 5.93. The van der Waals surface area contributed by atoms with Crippen molar-refractivity contribution in [2.45, 2.75) is 19.8 Å². The lowest BCUT2D eigenvalue weighted by molar-refractivity contribution is -0.117. The van der Waals surface area contributed by atoms with E-state index < -0.39 is 0 Å². The van der Waals surface area contributed by atoms with Gasteiger partial charge < -0.3 is 10.4 Å². The van der Waals surface area contributed by atoms with Gasteiger partial charge in [0.15, 0.2) is 5.82 Å². The van der Waals surface area contributed by atoms with Crippen molar-refractivity contribution >= 4 is 17.2 Å². The number of anilines is 1. The van der Waals surface area contributed by atoms with Crippen molar-refractivity contribution < 1.29 is 9.90 Å². The molecular weight excluding hydrogens is 342 g/mol. The summed E-state index contributed by atoms with van der Waals surface area (Å²) in [5.74, 6) is 0.500. The van der Waals surface area contributed by atoms with Crippen molar-refractivity contribution in [3.8, 4) is 17.8 Å². The molecule has 0 spiro atoms. The molecule has 1 aliphatic carbocycles. The first kappa shape index (κ1) is 18.1. The van der Waals surface area contributed by atoms with Crippen molar-refractivity contribution in [2.24, 2.45) is 5.92 Å². The van der Waals surface area contributed by atoms with Crippen molar-refractivity contribution in [1.29, 1.82) is 5.26 Å². The van der Waals surface area contributed by atoms with E-state index >= 15 is 0 Å². The summed E-state index contributed by atoms with van der Waals surface area (Å²) in [4.78, 5) is 16.0. The summed E-state index contributed by atoms with van der Waals surface area (Å²) in [5, 5.41) is 26.4. The second-order valence-corrected chi connectivity index (χ2v) is 6.25. The number of nitriles is 1. The molecular formula is C20H19N5O2. The van der Waals surface area contributed by atoms with Crippen LogP contribution >= 0.6 is 0 Å². The zero-order valence-corrected chi connectivity index (χ0v) is 14.9. The summed E-state index contributed by atoms with van der Waals surface area (Å²) < 4.78 is 1.31. The number of aromatic nitrogens is 3. The molecule has 0 aromatic carbocycles. The molecule has 0 unspecified atom stereocenters. The van der Waals surface area contributed by atoms with E-state index in [1.54, 1.807) is 31.2 Å². The first-order chi connectivity index (χ1) is 13.0. The van der Waals surface area contributed by atoms with Gasteiger partial charge in [0.2, 0.25) is 11.8 Å². The Hall–Kier alpha value is -3.66.